The highest BCUT2D eigenvalue weighted by atomic mass is 15.1. The monoisotopic (exact) mass is 240 g/mol. The van der Waals surface area contributed by atoms with E-state index in [1.807, 2.05) is 18.2 Å². The minimum atomic E-state index is 0.793. The molecule has 0 aliphatic rings. The average Bonchev–Trinajstić information content (AvgIpc) is 2.39. The van der Waals surface area contributed by atoms with E-state index in [9.17, 15) is 0 Å². The molecule has 0 radical (unpaired) electrons. The van der Waals surface area contributed by atoms with Crippen LogP contribution in [0.1, 0.15) is 18.9 Å². The Morgan fingerprint density at radius 1 is 1.00 bits per heavy atom. The molecule has 0 heterocycles. The van der Waals surface area contributed by atoms with Crippen LogP contribution >= 0.6 is 0 Å². The van der Waals surface area contributed by atoms with Crippen molar-refractivity contribution in [3.8, 4) is 0 Å². The second kappa shape index (κ2) is 5.58. The Bertz CT molecular complexity index is 503. The molecule has 0 fully saturated rings. The van der Waals surface area contributed by atoms with Crippen LogP contribution in [0.15, 0.2) is 48.5 Å². The third-order valence-corrected chi connectivity index (χ3v) is 3.12. The molecule has 0 atom stereocenters. The summed E-state index contributed by atoms with van der Waals surface area (Å²) in [5.41, 5.74) is 10.3. The van der Waals surface area contributed by atoms with Gasteiger partial charge in [-0.2, -0.15) is 0 Å². The van der Waals surface area contributed by atoms with E-state index in [4.69, 9.17) is 5.73 Å². The number of rotatable bonds is 4. The number of hydrogen-bond acceptors (Lipinski definition) is 2. The summed E-state index contributed by atoms with van der Waals surface area (Å²) in [5, 5.41) is 0. The van der Waals surface area contributed by atoms with E-state index in [0.29, 0.717) is 0 Å². The predicted molar refractivity (Wildman–Crippen MR) is 79.4 cm³/mol. The van der Waals surface area contributed by atoms with Gasteiger partial charge in [0.15, 0.2) is 0 Å². The standard InChI is InChI=1S/C16H20N2/c1-3-5-13-8-10-15(11-9-13)18(2)16-7-4-6-14(17)12-16/h4,6-12H,3,5,17H2,1-2H3. The Morgan fingerprint density at radius 2 is 1.72 bits per heavy atom. The largest absolute Gasteiger partial charge is 0.399 e. The predicted octanol–water partition coefficient (Wildman–Crippen LogP) is 3.99. The van der Waals surface area contributed by atoms with Crippen molar-refractivity contribution in [2.75, 3.05) is 17.7 Å². The first kappa shape index (κ1) is 12.5. The van der Waals surface area contributed by atoms with Gasteiger partial charge in [0.05, 0.1) is 0 Å². The number of aryl methyl sites for hydroxylation is 1. The third kappa shape index (κ3) is 2.83. The number of anilines is 3. The van der Waals surface area contributed by atoms with E-state index >= 15 is 0 Å². The van der Waals surface area contributed by atoms with Gasteiger partial charge in [0.25, 0.3) is 0 Å². The van der Waals surface area contributed by atoms with Gasteiger partial charge in [-0.25, -0.2) is 0 Å². The molecular formula is C16H20N2. The summed E-state index contributed by atoms with van der Waals surface area (Å²) in [7, 11) is 2.06. The van der Waals surface area contributed by atoms with Crippen LogP contribution < -0.4 is 10.6 Å². The molecule has 2 rings (SSSR count). The summed E-state index contributed by atoms with van der Waals surface area (Å²) in [5.74, 6) is 0. The molecule has 0 spiro atoms. The van der Waals surface area contributed by atoms with Crippen LogP contribution in [0.2, 0.25) is 0 Å². The van der Waals surface area contributed by atoms with Crippen molar-refractivity contribution in [2.45, 2.75) is 19.8 Å². The van der Waals surface area contributed by atoms with E-state index in [-0.39, 0.29) is 0 Å². The molecule has 18 heavy (non-hydrogen) atoms. The summed E-state index contributed by atoms with van der Waals surface area (Å²) < 4.78 is 0. The van der Waals surface area contributed by atoms with Gasteiger partial charge in [-0.05, 0) is 42.3 Å². The Kier molecular flexibility index (Phi) is 3.88. The lowest BCUT2D eigenvalue weighted by Gasteiger charge is -2.20. The lowest BCUT2D eigenvalue weighted by molar-refractivity contribution is 0.921. The van der Waals surface area contributed by atoms with Gasteiger partial charge in [0.1, 0.15) is 0 Å². The summed E-state index contributed by atoms with van der Waals surface area (Å²) >= 11 is 0. The molecule has 2 N–H and O–H groups in total. The first-order chi connectivity index (χ1) is 8.70. The highest BCUT2D eigenvalue weighted by Crippen LogP contribution is 2.25. The van der Waals surface area contributed by atoms with Crippen molar-refractivity contribution >= 4 is 17.1 Å². The molecule has 2 aromatic rings. The molecule has 0 saturated carbocycles. The van der Waals surface area contributed by atoms with Crippen molar-refractivity contribution in [1.82, 2.24) is 0 Å². The van der Waals surface area contributed by atoms with Crippen LogP contribution in [0.4, 0.5) is 17.1 Å². The fraction of sp³-hybridized carbons (Fsp3) is 0.250. The molecule has 0 aliphatic carbocycles. The SMILES string of the molecule is CCCc1ccc(N(C)c2cccc(N)c2)cc1. The molecule has 0 aromatic heterocycles. The summed E-state index contributed by atoms with van der Waals surface area (Å²) in [4.78, 5) is 2.14. The molecule has 2 nitrogen and oxygen atoms in total. The van der Waals surface area contributed by atoms with Crippen molar-refractivity contribution in [3.63, 3.8) is 0 Å². The maximum atomic E-state index is 5.81. The molecule has 0 amide bonds. The van der Waals surface area contributed by atoms with E-state index in [1.54, 1.807) is 0 Å². The summed E-state index contributed by atoms with van der Waals surface area (Å²) in [6, 6.07) is 16.6. The molecule has 94 valence electrons. The van der Waals surface area contributed by atoms with Crippen LogP contribution in [0.5, 0.6) is 0 Å². The number of nitrogens with two attached hydrogens (primary N) is 1. The van der Waals surface area contributed by atoms with Gasteiger partial charge in [-0.3, -0.25) is 0 Å². The van der Waals surface area contributed by atoms with Crippen LogP contribution in [0.3, 0.4) is 0 Å². The molecular weight excluding hydrogens is 220 g/mol. The Labute approximate surface area is 109 Å². The first-order valence-corrected chi connectivity index (χ1v) is 6.39. The molecule has 2 aromatic carbocycles. The molecule has 0 unspecified atom stereocenters. The Balaban J connectivity index is 2.20. The van der Waals surface area contributed by atoms with Crippen molar-refractivity contribution in [3.05, 3.63) is 54.1 Å². The first-order valence-electron chi connectivity index (χ1n) is 6.39. The van der Waals surface area contributed by atoms with Crippen molar-refractivity contribution in [2.24, 2.45) is 0 Å². The minimum absolute atomic E-state index is 0.793. The van der Waals surface area contributed by atoms with Gasteiger partial charge in [0.2, 0.25) is 0 Å². The Hall–Kier alpha value is -1.96. The smallest absolute Gasteiger partial charge is 0.0428 e. The topological polar surface area (TPSA) is 29.3 Å². The molecule has 0 bridgehead atoms. The quantitative estimate of drug-likeness (QED) is 0.819. The second-order valence-electron chi connectivity index (χ2n) is 4.57. The van der Waals surface area contributed by atoms with Gasteiger partial charge >= 0.3 is 0 Å². The fourth-order valence-corrected chi connectivity index (χ4v) is 2.06. The Morgan fingerprint density at radius 3 is 2.33 bits per heavy atom. The highest BCUT2D eigenvalue weighted by Gasteiger charge is 2.03. The number of nitrogen functional groups attached to an aromatic ring is 1. The maximum absolute atomic E-state index is 5.81. The van der Waals surface area contributed by atoms with Gasteiger partial charge in [-0.1, -0.05) is 31.5 Å². The average molecular weight is 240 g/mol. The summed E-state index contributed by atoms with van der Waals surface area (Å²) in [6.07, 6.45) is 2.33. The van der Waals surface area contributed by atoms with Gasteiger partial charge < -0.3 is 10.6 Å². The number of hydrogen-bond donors (Lipinski definition) is 1. The zero-order valence-corrected chi connectivity index (χ0v) is 11.1. The van der Waals surface area contributed by atoms with Gasteiger partial charge in [0, 0.05) is 24.1 Å². The second-order valence-corrected chi connectivity index (χ2v) is 4.57. The van der Waals surface area contributed by atoms with Crippen LogP contribution in [0, 0.1) is 0 Å². The number of benzene rings is 2. The molecule has 2 heteroatoms. The normalized spacial score (nSPS) is 10.3. The van der Waals surface area contributed by atoms with Crippen molar-refractivity contribution < 1.29 is 0 Å². The molecule has 0 saturated heterocycles. The van der Waals surface area contributed by atoms with E-state index in [2.05, 4.69) is 49.2 Å². The minimum Gasteiger partial charge on any atom is -0.399 e. The number of nitrogens with zero attached hydrogens (tertiary/aromatic N) is 1. The van der Waals surface area contributed by atoms with E-state index in [1.165, 1.54) is 17.7 Å². The lowest BCUT2D eigenvalue weighted by Crippen LogP contribution is -2.09. The van der Waals surface area contributed by atoms with Crippen LogP contribution in [-0.2, 0) is 6.42 Å². The van der Waals surface area contributed by atoms with E-state index in [0.717, 1.165) is 17.8 Å². The highest BCUT2D eigenvalue weighted by molar-refractivity contribution is 5.65. The van der Waals surface area contributed by atoms with E-state index < -0.39 is 0 Å². The van der Waals surface area contributed by atoms with Crippen LogP contribution in [-0.4, -0.2) is 7.05 Å². The third-order valence-electron chi connectivity index (χ3n) is 3.12. The van der Waals surface area contributed by atoms with Crippen LogP contribution in [0.25, 0.3) is 0 Å². The molecule has 0 aliphatic heterocycles. The lowest BCUT2D eigenvalue weighted by atomic mass is 10.1. The fourth-order valence-electron chi connectivity index (χ4n) is 2.06. The maximum Gasteiger partial charge on any atom is 0.0428 e. The summed E-state index contributed by atoms with van der Waals surface area (Å²) in [6.45, 7) is 2.20. The van der Waals surface area contributed by atoms with Gasteiger partial charge in [-0.15, -0.1) is 0 Å². The van der Waals surface area contributed by atoms with Crippen molar-refractivity contribution in [1.29, 1.82) is 0 Å². The zero-order valence-electron chi connectivity index (χ0n) is 11.1. The zero-order chi connectivity index (χ0) is 13.0.